The van der Waals surface area contributed by atoms with Crippen LogP contribution in [-0.2, 0) is 9.53 Å². The van der Waals surface area contributed by atoms with Crippen molar-refractivity contribution in [2.24, 2.45) is 0 Å². The van der Waals surface area contributed by atoms with Gasteiger partial charge in [0.05, 0.1) is 13.2 Å². The predicted octanol–water partition coefficient (Wildman–Crippen LogP) is 1.75. The summed E-state index contributed by atoms with van der Waals surface area (Å²) >= 11 is 3.39. The van der Waals surface area contributed by atoms with Crippen molar-refractivity contribution < 1.29 is 14.3 Å². The summed E-state index contributed by atoms with van der Waals surface area (Å²) in [5.74, 6) is 0.0211. The molecule has 5 nitrogen and oxygen atoms in total. The summed E-state index contributed by atoms with van der Waals surface area (Å²) < 4.78 is 6.20. The molecule has 21 heavy (non-hydrogen) atoms. The van der Waals surface area contributed by atoms with E-state index >= 15 is 0 Å². The number of hydrogen-bond acceptors (Lipinski definition) is 4. The average Bonchev–Trinajstić information content (AvgIpc) is 3.31. The van der Waals surface area contributed by atoms with Gasteiger partial charge >= 0.3 is 0 Å². The summed E-state index contributed by atoms with van der Waals surface area (Å²) in [7, 11) is 0. The van der Waals surface area contributed by atoms with Crippen molar-refractivity contribution in [1.29, 1.82) is 0 Å². The number of ether oxygens (including phenoxy) is 1. The molecule has 0 bridgehead atoms. The molecule has 1 aliphatic heterocycles. The monoisotopic (exact) mass is 352 g/mol. The Balaban J connectivity index is 1.80. The molecular weight excluding hydrogens is 336 g/mol. The number of rotatable bonds is 4. The molecule has 1 aromatic carbocycles. The van der Waals surface area contributed by atoms with Gasteiger partial charge in [0, 0.05) is 28.3 Å². The third-order valence-corrected chi connectivity index (χ3v) is 4.48. The molecule has 1 saturated heterocycles. The van der Waals surface area contributed by atoms with Crippen LogP contribution in [0, 0.1) is 0 Å². The zero-order chi connectivity index (χ0) is 14.8. The molecule has 1 aliphatic carbocycles. The van der Waals surface area contributed by atoms with Gasteiger partial charge in [0.2, 0.25) is 5.91 Å². The van der Waals surface area contributed by atoms with E-state index in [1.165, 1.54) is 0 Å². The SMILES string of the molecule is O=Cc1ccc(N2CCOCC2C(=O)NC2CC2)cc1Br. The molecule has 6 heteroatoms. The van der Waals surface area contributed by atoms with Gasteiger partial charge in [-0.1, -0.05) is 0 Å². The second-order valence-corrected chi connectivity index (χ2v) is 6.24. The van der Waals surface area contributed by atoms with Crippen LogP contribution in [-0.4, -0.2) is 44.0 Å². The number of nitrogens with one attached hydrogen (secondary N) is 1. The second-order valence-electron chi connectivity index (χ2n) is 5.39. The molecule has 1 N–H and O–H groups in total. The summed E-state index contributed by atoms with van der Waals surface area (Å²) in [4.78, 5) is 25.3. The van der Waals surface area contributed by atoms with E-state index in [-0.39, 0.29) is 11.9 Å². The molecule has 1 amide bonds. The summed E-state index contributed by atoms with van der Waals surface area (Å²) in [6, 6.07) is 5.54. The molecule has 2 fully saturated rings. The van der Waals surface area contributed by atoms with E-state index in [4.69, 9.17) is 4.74 Å². The minimum absolute atomic E-state index is 0.0211. The van der Waals surface area contributed by atoms with Gasteiger partial charge in [0.15, 0.2) is 6.29 Å². The van der Waals surface area contributed by atoms with Gasteiger partial charge in [-0.15, -0.1) is 0 Å². The lowest BCUT2D eigenvalue weighted by Crippen LogP contribution is -2.54. The first kappa shape index (κ1) is 14.5. The molecule has 2 aliphatic rings. The van der Waals surface area contributed by atoms with E-state index in [2.05, 4.69) is 21.2 Å². The van der Waals surface area contributed by atoms with Crippen LogP contribution in [0.1, 0.15) is 23.2 Å². The summed E-state index contributed by atoms with van der Waals surface area (Å²) in [5, 5.41) is 3.03. The van der Waals surface area contributed by atoms with Crippen molar-refractivity contribution in [3.8, 4) is 0 Å². The first-order valence-corrected chi connectivity index (χ1v) is 7.88. The normalized spacial score (nSPS) is 22.0. The molecule has 0 radical (unpaired) electrons. The van der Waals surface area contributed by atoms with Crippen LogP contribution < -0.4 is 10.2 Å². The Morgan fingerprint density at radius 1 is 1.43 bits per heavy atom. The average molecular weight is 353 g/mol. The molecule has 1 saturated carbocycles. The minimum atomic E-state index is -0.312. The van der Waals surface area contributed by atoms with Crippen LogP contribution in [0.15, 0.2) is 22.7 Å². The standard InChI is InChI=1S/C15H17BrN2O3/c16-13-7-12(4-1-10(13)8-19)18-5-6-21-9-14(18)15(20)17-11-2-3-11/h1,4,7-8,11,14H,2-3,5-6,9H2,(H,17,20). The Morgan fingerprint density at radius 3 is 2.90 bits per heavy atom. The van der Waals surface area contributed by atoms with Gasteiger partial charge in [-0.05, 0) is 47.0 Å². The topological polar surface area (TPSA) is 58.6 Å². The van der Waals surface area contributed by atoms with E-state index < -0.39 is 0 Å². The minimum Gasteiger partial charge on any atom is -0.377 e. The highest BCUT2D eigenvalue weighted by molar-refractivity contribution is 9.10. The van der Waals surface area contributed by atoms with Crippen LogP contribution in [0.5, 0.6) is 0 Å². The number of aldehydes is 1. The van der Waals surface area contributed by atoms with Crippen LogP contribution in [0.25, 0.3) is 0 Å². The van der Waals surface area contributed by atoms with Crippen molar-refractivity contribution in [2.45, 2.75) is 24.9 Å². The number of carbonyl (C=O) groups is 2. The number of amides is 1. The van der Waals surface area contributed by atoms with E-state index in [1.54, 1.807) is 6.07 Å². The Kier molecular flexibility index (Phi) is 4.26. The Bertz CT molecular complexity index is 560. The lowest BCUT2D eigenvalue weighted by Gasteiger charge is -2.36. The van der Waals surface area contributed by atoms with Crippen LogP contribution >= 0.6 is 15.9 Å². The smallest absolute Gasteiger partial charge is 0.245 e. The number of nitrogens with zero attached hydrogens (tertiary/aromatic N) is 1. The second kappa shape index (κ2) is 6.15. The zero-order valence-corrected chi connectivity index (χ0v) is 13.1. The van der Waals surface area contributed by atoms with Gasteiger partial charge in [-0.25, -0.2) is 0 Å². The number of benzene rings is 1. The fourth-order valence-corrected chi connectivity index (χ4v) is 2.91. The molecule has 0 aromatic heterocycles. The van der Waals surface area contributed by atoms with Crippen molar-refractivity contribution in [2.75, 3.05) is 24.7 Å². The van der Waals surface area contributed by atoms with E-state index in [0.717, 1.165) is 29.3 Å². The molecule has 1 unspecified atom stereocenters. The van der Waals surface area contributed by atoms with Gasteiger partial charge in [0.1, 0.15) is 6.04 Å². The summed E-state index contributed by atoms with van der Waals surface area (Å²) in [5.41, 5.74) is 1.53. The maximum Gasteiger partial charge on any atom is 0.245 e. The molecular formula is C15H17BrN2O3. The quantitative estimate of drug-likeness (QED) is 0.838. The highest BCUT2D eigenvalue weighted by Crippen LogP contribution is 2.27. The third kappa shape index (κ3) is 3.27. The molecule has 112 valence electrons. The molecule has 0 spiro atoms. The molecule has 1 aromatic rings. The zero-order valence-electron chi connectivity index (χ0n) is 11.5. The number of morpholine rings is 1. The highest BCUT2D eigenvalue weighted by atomic mass is 79.9. The first-order chi connectivity index (χ1) is 10.2. The van der Waals surface area contributed by atoms with Crippen molar-refractivity contribution in [3.63, 3.8) is 0 Å². The maximum atomic E-state index is 12.3. The lowest BCUT2D eigenvalue weighted by molar-refractivity contribution is -0.124. The maximum absolute atomic E-state index is 12.3. The third-order valence-electron chi connectivity index (χ3n) is 3.80. The van der Waals surface area contributed by atoms with Crippen molar-refractivity contribution in [3.05, 3.63) is 28.2 Å². The molecule has 3 rings (SSSR count). The van der Waals surface area contributed by atoms with E-state index in [0.29, 0.717) is 31.4 Å². The van der Waals surface area contributed by atoms with Crippen LogP contribution in [0.2, 0.25) is 0 Å². The Labute approximate surface area is 131 Å². The van der Waals surface area contributed by atoms with E-state index in [9.17, 15) is 9.59 Å². The Hall–Kier alpha value is -1.40. The highest BCUT2D eigenvalue weighted by Gasteiger charge is 2.33. The number of halogens is 1. The van der Waals surface area contributed by atoms with E-state index in [1.807, 2.05) is 17.0 Å². The van der Waals surface area contributed by atoms with Gasteiger partial charge in [-0.3, -0.25) is 9.59 Å². The Morgan fingerprint density at radius 2 is 2.24 bits per heavy atom. The molecule has 1 heterocycles. The summed E-state index contributed by atoms with van der Waals surface area (Å²) in [6.07, 6.45) is 2.95. The number of hydrogen-bond donors (Lipinski definition) is 1. The fourth-order valence-electron chi connectivity index (χ4n) is 2.45. The number of carbonyl (C=O) groups excluding carboxylic acids is 2. The molecule has 1 atom stereocenters. The lowest BCUT2D eigenvalue weighted by atomic mass is 10.1. The van der Waals surface area contributed by atoms with Crippen LogP contribution in [0.3, 0.4) is 0 Å². The van der Waals surface area contributed by atoms with Gasteiger partial charge < -0.3 is 15.0 Å². The largest absolute Gasteiger partial charge is 0.377 e. The summed E-state index contributed by atoms with van der Waals surface area (Å²) in [6.45, 7) is 1.65. The number of anilines is 1. The van der Waals surface area contributed by atoms with Gasteiger partial charge in [0.25, 0.3) is 0 Å². The van der Waals surface area contributed by atoms with Crippen LogP contribution in [0.4, 0.5) is 5.69 Å². The van der Waals surface area contributed by atoms with Crippen molar-refractivity contribution >= 4 is 33.8 Å². The van der Waals surface area contributed by atoms with Gasteiger partial charge in [-0.2, -0.15) is 0 Å². The van der Waals surface area contributed by atoms with Crippen molar-refractivity contribution in [1.82, 2.24) is 5.32 Å². The fraction of sp³-hybridized carbons (Fsp3) is 0.467. The first-order valence-electron chi connectivity index (χ1n) is 7.08. The predicted molar refractivity (Wildman–Crippen MR) is 82.6 cm³/mol.